The Bertz CT molecular complexity index is 405. The molecule has 112 valence electrons. The lowest BCUT2D eigenvalue weighted by Gasteiger charge is -2.29. The summed E-state index contributed by atoms with van der Waals surface area (Å²) in [6.45, 7) is 4.08. The first-order valence-electron chi connectivity index (χ1n) is 7.48. The smallest absolute Gasteiger partial charge is 0.0914 e. The Balaban J connectivity index is 1.63. The number of aliphatic hydroxyl groups excluding tert-OH is 1. The average molecular weight is 341 g/mol. The summed E-state index contributed by atoms with van der Waals surface area (Å²) in [7, 11) is 2.20. The van der Waals surface area contributed by atoms with Crippen molar-refractivity contribution in [2.75, 3.05) is 33.2 Å². The van der Waals surface area contributed by atoms with Crippen molar-refractivity contribution in [3.63, 3.8) is 0 Å². The van der Waals surface area contributed by atoms with E-state index < -0.39 is 6.10 Å². The second-order valence-corrected chi connectivity index (χ2v) is 6.73. The fourth-order valence-corrected chi connectivity index (χ4v) is 3.14. The highest BCUT2D eigenvalue weighted by Crippen LogP contribution is 2.19. The van der Waals surface area contributed by atoms with Crippen molar-refractivity contribution in [2.24, 2.45) is 5.92 Å². The van der Waals surface area contributed by atoms with Crippen LogP contribution in [0.3, 0.4) is 0 Å². The molecular weight excluding hydrogens is 316 g/mol. The molecule has 0 spiro atoms. The number of nitrogens with zero attached hydrogens (tertiary/aromatic N) is 1. The molecule has 0 aliphatic carbocycles. The van der Waals surface area contributed by atoms with Gasteiger partial charge in [-0.2, -0.15) is 0 Å². The zero-order valence-corrected chi connectivity index (χ0v) is 13.8. The number of rotatable bonds is 6. The van der Waals surface area contributed by atoms with Crippen molar-refractivity contribution in [1.29, 1.82) is 0 Å². The molecule has 2 N–H and O–H groups in total. The van der Waals surface area contributed by atoms with Crippen LogP contribution in [0.2, 0.25) is 0 Å². The fourth-order valence-electron chi connectivity index (χ4n) is 2.73. The first-order valence-corrected chi connectivity index (χ1v) is 8.27. The van der Waals surface area contributed by atoms with Gasteiger partial charge in [-0.25, -0.2) is 0 Å². The van der Waals surface area contributed by atoms with E-state index in [4.69, 9.17) is 0 Å². The highest BCUT2D eigenvalue weighted by atomic mass is 79.9. The lowest BCUT2D eigenvalue weighted by molar-refractivity contribution is 0.171. The summed E-state index contributed by atoms with van der Waals surface area (Å²) >= 11 is 3.43. The molecule has 0 bridgehead atoms. The minimum absolute atomic E-state index is 0.426. The lowest BCUT2D eigenvalue weighted by Crippen LogP contribution is -2.32. The highest BCUT2D eigenvalue weighted by Gasteiger charge is 2.16. The third-order valence-corrected chi connectivity index (χ3v) is 4.63. The zero-order chi connectivity index (χ0) is 14.4. The van der Waals surface area contributed by atoms with Crippen LogP contribution >= 0.6 is 15.9 Å². The van der Waals surface area contributed by atoms with Crippen LogP contribution in [0.15, 0.2) is 28.7 Å². The van der Waals surface area contributed by atoms with Gasteiger partial charge in [0.05, 0.1) is 6.10 Å². The summed E-state index contributed by atoms with van der Waals surface area (Å²) in [4.78, 5) is 2.40. The molecule has 4 heteroatoms. The summed E-state index contributed by atoms with van der Waals surface area (Å²) in [6.07, 6.45) is 3.42. The van der Waals surface area contributed by atoms with Gasteiger partial charge in [0, 0.05) is 11.0 Å². The fraction of sp³-hybridized carbons (Fsp3) is 0.625. The minimum atomic E-state index is -0.426. The standard InChI is InChI=1S/C16H25BrN2O/c1-19-9-6-13(7-10-19)5-8-18-12-16(20)14-3-2-4-15(17)11-14/h2-4,11,13,16,18,20H,5-10,12H2,1H3. The summed E-state index contributed by atoms with van der Waals surface area (Å²) in [5, 5.41) is 13.5. The topological polar surface area (TPSA) is 35.5 Å². The Hall–Kier alpha value is -0.420. The predicted octanol–water partition coefficient (Wildman–Crippen LogP) is 2.80. The maximum absolute atomic E-state index is 10.1. The van der Waals surface area contributed by atoms with Crippen molar-refractivity contribution >= 4 is 15.9 Å². The predicted molar refractivity (Wildman–Crippen MR) is 86.8 cm³/mol. The van der Waals surface area contributed by atoms with E-state index in [1.807, 2.05) is 24.3 Å². The SMILES string of the molecule is CN1CCC(CCNCC(O)c2cccc(Br)c2)CC1. The van der Waals surface area contributed by atoms with E-state index in [0.717, 1.165) is 22.5 Å². The summed E-state index contributed by atoms with van der Waals surface area (Å²) in [5.74, 6) is 0.849. The Morgan fingerprint density at radius 1 is 1.40 bits per heavy atom. The Kier molecular flexibility index (Phi) is 6.49. The van der Waals surface area contributed by atoms with Crippen molar-refractivity contribution < 1.29 is 5.11 Å². The molecule has 1 heterocycles. The normalized spacial score (nSPS) is 19.1. The quantitative estimate of drug-likeness (QED) is 0.781. The monoisotopic (exact) mass is 340 g/mol. The number of halogens is 1. The van der Waals surface area contributed by atoms with Crippen molar-refractivity contribution in [3.8, 4) is 0 Å². The molecule has 3 nitrogen and oxygen atoms in total. The van der Waals surface area contributed by atoms with E-state index in [0.29, 0.717) is 6.54 Å². The Labute approximate surface area is 130 Å². The van der Waals surface area contributed by atoms with Crippen LogP contribution in [0.25, 0.3) is 0 Å². The van der Waals surface area contributed by atoms with Crippen molar-refractivity contribution in [2.45, 2.75) is 25.4 Å². The Morgan fingerprint density at radius 3 is 2.85 bits per heavy atom. The van der Waals surface area contributed by atoms with Gasteiger partial charge in [0.15, 0.2) is 0 Å². The highest BCUT2D eigenvalue weighted by molar-refractivity contribution is 9.10. The van der Waals surface area contributed by atoms with Crippen LogP contribution in [0, 0.1) is 5.92 Å². The molecule has 2 rings (SSSR count). The van der Waals surface area contributed by atoms with Gasteiger partial charge < -0.3 is 15.3 Å². The first kappa shape index (κ1) is 16.0. The number of nitrogens with one attached hydrogen (secondary N) is 1. The molecule has 1 atom stereocenters. The first-order chi connectivity index (χ1) is 9.65. The van der Waals surface area contributed by atoms with Gasteiger partial charge in [-0.1, -0.05) is 28.1 Å². The molecule has 0 aromatic heterocycles. The molecule has 1 fully saturated rings. The van der Waals surface area contributed by atoms with Crippen LogP contribution in [-0.4, -0.2) is 43.2 Å². The van der Waals surface area contributed by atoms with Crippen LogP contribution in [0.1, 0.15) is 30.9 Å². The summed E-state index contributed by atoms with van der Waals surface area (Å²) < 4.78 is 1.01. The van der Waals surface area contributed by atoms with Gasteiger partial charge in [-0.3, -0.25) is 0 Å². The average Bonchev–Trinajstić information content (AvgIpc) is 2.45. The molecule has 1 aromatic carbocycles. The van der Waals surface area contributed by atoms with Crippen LogP contribution in [0.5, 0.6) is 0 Å². The molecule has 20 heavy (non-hydrogen) atoms. The minimum Gasteiger partial charge on any atom is -0.387 e. The van der Waals surface area contributed by atoms with E-state index >= 15 is 0 Å². The number of hydrogen-bond acceptors (Lipinski definition) is 3. The van der Waals surface area contributed by atoms with Crippen LogP contribution < -0.4 is 5.32 Å². The molecule has 1 saturated heterocycles. The van der Waals surface area contributed by atoms with Crippen molar-refractivity contribution in [3.05, 3.63) is 34.3 Å². The van der Waals surface area contributed by atoms with Gasteiger partial charge in [0.25, 0.3) is 0 Å². The maximum Gasteiger partial charge on any atom is 0.0914 e. The molecule has 1 aromatic rings. The van der Waals surface area contributed by atoms with Gasteiger partial charge >= 0.3 is 0 Å². The summed E-state index contributed by atoms with van der Waals surface area (Å²) in [6, 6.07) is 7.88. The van der Waals surface area contributed by atoms with E-state index in [1.165, 1.54) is 32.4 Å². The molecule has 1 aliphatic rings. The van der Waals surface area contributed by atoms with Gasteiger partial charge in [-0.15, -0.1) is 0 Å². The van der Waals surface area contributed by atoms with Crippen LogP contribution in [-0.2, 0) is 0 Å². The number of benzene rings is 1. The van der Waals surface area contributed by atoms with E-state index in [1.54, 1.807) is 0 Å². The third kappa shape index (κ3) is 5.17. The maximum atomic E-state index is 10.1. The molecular formula is C16H25BrN2O. The number of piperidine rings is 1. The summed E-state index contributed by atoms with van der Waals surface area (Å²) in [5.41, 5.74) is 0.964. The number of aliphatic hydroxyl groups is 1. The molecule has 0 saturated carbocycles. The third-order valence-electron chi connectivity index (χ3n) is 4.14. The molecule has 1 aliphatic heterocycles. The second kappa shape index (κ2) is 8.13. The second-order valence-electron chi connectivity index (χ2n) is 5.81. The van der Waals surface area contributed by atoms with Gasteiger partial charge in [0.1, 0.15) is 0 Å². The van der Waals surface area contributed by atoms with E-state index in [2.05, 4.69) is 33.2 Å². The number of likely N-dealkylation sites (tertiary alicyclic amines) is 1. The zero-order valence-electron chi connectivity index (χ0n) is 12.2. The van der Waals surface area contributed by atoms with Crippen molar-refractivity contribution in [1.82, 2.24) is 10.2 Å². The van der Waals surface area contributed by atoms with E-state index in [9.17, 15) is 5.11 Å². The van der Waals surface area contributed by atoms with Gasteiger partial charge in [-0.05, 0) is 69.6 Å². The van der Waals surface area contributed by atoms with Gasteiger partial charge in [0.2, 0.25) is 0 Å². The Morgan fingerprint density at radius 2 is 2.15 bits per heavy atom. The van der Waals surface area contributed by atoms with Crippen LogP contribution in [0.4, 0.5) is 0 Å². The molecule has 0 amide bonds. The molecule has 1 unspecified atom stereocenters. The molecule has 0 radical (unpaired) electrons. The van der Waals surface area contributed by atoms with E-state index in [-0.39, 0.29) is 0 Å². The lowest BCUT2D eigenvalue weighted by atomic mass is 9.94. The number of hydrogen-bond donors (Lipinski definition) is 2. The largest absolute Gasteiger partial charge is 0.387 e.